The molecule has 1 aliphatic rings. The maximum absolute atomic E-state index is 13.7. The minimum atomic E-state index is -0.594. The second kappa shape index (κ2) is 17.2. The molecule has 4 N–H and O–H groups in total. The number of carbonyl (C=O) groups is 4. The Bertz CT molecular complexity index is 1940. The first kappa shape index (κ1) is 37.2. The second-order valence-electron chi connectivity index (χ2n) is 12.1. The third-order valence-electron chi connectivity index (χ3n) is 8.31. The van der Waals surface area contributed by atoms with E-state index in [4.69, 9.17) is 9.47 Å². The van der Waals surface area contributed by atoms with Crippen molar-refractivity contribution in [3.63, 3.8) is 0 Å². The first-order chi connectivity index (χ1) is 24.6. The second-order valence-corrected chi connectivity index (χ2v) is 14.4. The van der Waals surface area contributed by atoms with Gasteiger partial charge in [0, 0.05) is 32.7 Å². The van der Waals surface area contributed by atoms with Crippen LogP contribution in [0.15, 0.2) is 83.4 Å². The van der Waals surface area contributed by atoms with Crippen molar-refractivity contribution < 1.29 is 33.8 Å². The number of anilines is 2. The monoisotopic (exact) mass is 727 g/mol. The standard InChI is InChI=1S/C39H41N3O7S2/c1-5-32(37(46)42-38-34(39(47)49-6-2)29-18-15-23(3)19-33(29)51-38)50-28-14-10-13-26(21-28)40-36(45)30(41-35(44)24-11-8-7-9-12-24)20-25-16-17-27(43)22-31(25)48-4/h7-14,16-17,20-23,32,43H,5-6,15,18-19H2,1-4H3,(H,40,45)(H,41,44)(H,42,46)/b30-20+. The highest BCUT2D eigenvalue weighted by atomic mass is 32.2. The minimum absolute atomic E-state index is 0.0136. The maximum atomic E-state index is 13.7. The molecular formula is C39H41N3O7S2. The number of nitrogens with one attached hydrogen (secondary N) is 3. The van der Waals surface area contributed by atoms with Gasteiger partial charge in [0.25, 0.3) is 11.8 Å². The van der Waals surface area contributed by atoms with Crippen molar-refractivity contribution in [2.75, 3.05) is 24.4 Å². The Labute approximate surface area is 305 Å². The predicted molar refractivity (Wildman–Crippen MR) is 202 cm³/mol. The average Bonchev–Trinajstić information content (AvgIpc) is 3.48. The summed E-state index contributed by atoms with van der Waals surface area (Å²) in [4.78, 5) is 55.3. The molecule has 266 valence electrons. The Morgan fingerprint density at radius 2 is 1.80 bits per heavy atom. The summed E-state index contributed by atoms with van der Waals surface area (Å²) in [7, 11) is 1.44. The number of phenols is 1. The molecule has 0 saturated heterocycles. The Morgan fingerprint density at radius 1 is 1.02 bits per heavy atom. The summed E-state index contributed by atoms with van der Waals surface area (Å²) in [6.45, 7) is 6.12. The molecule has 51 heavy (non-hydrogen) atoms. The third kappa shape index (κ3) is 9.39. The molecule has 10 nitrogen and oxygen atoms in total. The summed E-state index contributed by atoms with van der Waals surface area (Å²) < 4.78 is 10.8. The molecule has 3 aromatic carbocycles. The van der Waals surface area contributed by atoms with Crippen LogP contribution in [0.1, 0.15) is 70.3 Å². The van der Waals surface area contributed by atoms with Gasteiger partial charge in [0.05, 0.1) is 24.5 Å². The molecular weight excluding hydrogens is 687 g/mol. The van der Waals surface area contributed by atoms with Crippen LogP contribution in [0.5, 0.6) is 11.5 Å². The van der Waals surface area contributed by atoms with E-state index in [0.717, 1.165) is 34.6 Å². The molecule has 1 aliphatic carbocycles. The zero-order valence-electron chi connectivity index (χ0n) is 28.9. The largest absolute Gasteiger partial charge is 0.508 e. The summed E-state index contributed by atoms with van der Waals surface area (Å²) >= 11 is 2.80. The molecule has 4 aromatic rings. The lowest BCUT2D eigenvalue weighted by molar-refractivity contribution is -0.116. The van der Waals surface area contributed by atoms with Gasteiger partial charge in [-0.2, -0.15) is 0 Å². The Kier molecular flexibility index (Phi) is 12.6. The van der Waals surface area contributed by atoms with Gasteiger partial charge in [0.2, 0.25) is 5.91 Å². The van der Waals surface area contributed by atoms with Crippen molar-refractivity contribution in [3.8, 4) is 11.5 Å². The Balaban J connectivity index is 1.34. The van der Waals surface area contributed by atoms with Crippen molar-refractivity contribution in [3.05, 3.63) is 106 Å². The van der Waals surface area contributed by atoms with Gasteiger partial charge >= 0.3 is 5.97 Å². The molecule has 1 aromatic heterocycles. The van der Waals surface area contributed by atoms with E-state index in [0.29, 0.717) is 45.5 Å². The van der Waals surface area contributed by atoms with Crippen LogP contribution in [0.2, 0.25) is 0 Å². The van der Waals surface area contributed by atoms with Gasteiger partial charge in [-0.15, -0.1) is 23.1 Å². The quantitative estimate of drug-likeness (QED) is 0.0624. The maximum Gasteiger partial charge on any atom is 0.341 e. The number of fused-ring (bicyclic) bond motifs is 1. The minimum Gasteiger partial charge on any atom is -0.508 e. The number of rotatable bonds is 13. The summed E-state index contributed by atoms with van der Waals surface area (Å²) in [6, 6.07) is 20.0. The van der Waals surface area contributed by atoms with Gasteiger partial charge < -0.3 is 30.5 Å². The topological polar surface area (TPSA) is 143 Å². The van der Waals surface area contributed by atoms with E-state index in [2.05, 4.69) is 22.9 Å². The molecule has 0 radical (unpaired) electrons. The zero-order chi connectivity index (χ0) is 36.5. The third-order valence-corrected chi connectivity index (χ3v) is 10.8. The van der Waals surface area contributed by atoms with Crippen LogP contribution in [0.4, 0.5) is 10.7 Å². The lowest BCUT2D eigenvalue weighted by atomic mass is 9.88. The van der Waals surface area contributed by atoms with Crippen molar-refractivity contribution in [2.45, 2.75) is 56.6 Å². The number of thioether (sulfide) groups is 1. The molecule has 2 unspecified atom stereocenters. The molecule has 2 atom stereocenters. The SMILES string of the molecule is CCOC(=O)c1c(NC(=O)C(CC)Sc2cccc(NC(=O)/C(=C\c3ccc(O)cc3OC)NC(=O)c3ccccc3)c2)sc2c1CCC(C)C2. The summed E-state index contributed by atoms with van der Waals surface area (Å²) in [5.74, 6) is -0.925. The van der Waals surface area contributed by atoms with E-state index < -0.39 is 23.0 Å². The first-order valence-corrected chi connectivity index (χ1v) is 18.4. The molecule has 0 fully saturated rings. The number of esters is 1. The van der Waals surface area contributed by atoms with Gasteiger partial charge in [-0.25, -0.2) is 4.79 Å². The van der Waals surface area contributed by atoms with E-state index in [1.54, 1.807) is 61.5 Å². The van der Waals surface area contributed by atoms with E-state index in [9.17, 15) is 24.3 Å². The van der Waals surface area contributed by atoms with Crippen LogP contribution < -0.4 is 20.7 Å². The van der Waals surface area contributed by atoms with Crippen LogP contribution in [-0.2, 0) is 27.2 Å². The van der Waals surface area contributed by atoms with Crippen LogP contribution in [0.3, 0.4) is 0 Å². The fourth-order valence-electron chi connectivity index (χ4n) is 5.70. The number of amides is 3. The normalized spacial score (nSPS) is 14.5. The fourth-order valence-corrected chi connectivity index (χ4v) is 8.11. The predicted octanol–water partition coefficient (Wildman–Crippen LogP) is 7.68. The van der Waals surface area contributed by atoms with Crippen molar-refractivity contribution >= 4 is 63.6 Å². The van der Waals surface area contributed by atoms with E-state index in [1.807, 2.05) is 13.0 Å². The molecule has 1 heterocycles. The number of hydrogen-bond donors (Lipinski definition) is 4. The number of carbonyl (C=O) groups excluding carboxylic acids is 4. The molecule has 0 bridgehead atoms. The fraction of sp³-hybridized carbons (Fsp3) is 0.282. The smallest absolute Gasteiger partial charge is 0.341 e. The number of ether oxygens (including phenoxy) is 2. The van der Waals surface area contributed by atoms with Crippen molar-refractivity contribution in [2.24, 2.45) is 5.92 Å². The van der Waals surface area contributed by atoms with E-state index in [1.165, 1.54) is 48.4 Å². The molecule has 5 rings (SSSR count). The lowest BCUT2D eigenvalue weighted by Gasteiger charge is -2.18. The Hall–Kier alpha value is -5.07. The van der Waals surface area contributed by atoms with Crippen LogP contribution in [0, 0.1) is 5.92 Å². The molecule has 0 spiro atoms. The summed E-state index contributed by atoms with van der Waals surface area (Å²) in [5.41, 5.74) is 2.66. The molecule has 12 heteroatoms. The van der Waals surface area contributed by atoms with Crippen LogP contribution in [0.25, 0.3) is 6.08 Å². The number of phenolic OH excluding ortho intramolecular Hbond substituents is 1. The molecule has 0 aliphatic heterocycles. The van der Waals surface area contributed by atoms with Crippen LogP contribution >= 0.6 is 23.1 Å². The molecule has 0 saturated carbocycles. The van der Waals surface area contributed by atoms with Gasteiger partial charge in [-0.1, -0.05) is 38.1 Å². The lowest BCUT2D eigenvalue weighted by Crippen LogP contribution is -2.30. The molecule has 3 amide bonds. The van der Waals surface area contributed by atoms with E-state index >= 15 is 0 Å². The van der Waals surface area contributed by atoms with Crippen molar-refractivity contribution in [1.82, 2.24) is 5.32 Å². The Morgan fingerprint density at radius 3 is 2.53 bits per heavy atom. The summed E-state index contributed by atoms with van der Waals surface area (Å²) in [6.07, 6.45) is 4.60. The van der Waals surface area contributed by atoms with Gasteiger partial charge in [0.1, 0.15) is 22.2 Å². The highest BCUT2D eigenvalue weighted by Crippen LogP contribution is 2.41. The number of aromatic hydroxyl groups is 1. The number of benzene rings is 3. The van der Waals surface area contributed by atoms with Crippen LogP contribution in [-0.4, -0.2) is 47.8 Å². The number of thiophene rings is 1. The zero-order valence-corrected chi connectivity index (χ0v) is 30.5. The first-order valence-electron chi connectivity index (χ1n) is 16.8. The number of hydrogen-bond acceptors (Lipinski definition) is 9. The van der Waals surface area contributed by atoms with Gasteiger partial charge in [0.15, 0.2) is 0 Å². The van der Waals surface area contributed by atoms with Gasteiger partial charge in [-0.05, 0) is 92.6 Å². The highest BCUT2D eigenvalue weighted by Gasteiger charge is 2.30. The highest BCUT2D eigenvalue weighted by molar-refractivity contribution is 8.00. The average molecular weight is 728 g/mol. The van der Waals surface area contributed by atoms with Crippen molar-refractivity contribution in [1.29, 1.82) is 0 Å². The summed E-state index contributed by atoms with van der Waals surface area (Å²) in [5, 5.41) is 18.5. The number of methoxy groups -OCH3 is 1. The van der Waals surface area contributed by atoms with E-state index in [-0.39, 0.29) is 24.0 Å². The van der Waals surface area contributed by atoms with Gasteiger partial charge in [-0.3, -0.25) is 14.4 Å².